The molecule has 0 amide bonds. The van der Waals surface area contributed by atoms with Gasteiger partial charge in [-0.2, -0.15) is 4.98 Å². The fraction of sp³-hybridized carbons (Fsp3) is 0. The Balaban J connectivity index is 2.28. The molecule has 0 fully saturated rings. The van der Waals surface area contributed by atoms with E-state index in [-0.39, 0.29) is 0 Å². The third kappa shape index (κ3) is 1.13. The Morgan fingerprint density at radius 2 is 1.76 bits per heavy atom. The molecule has 0 saturated carbocycles. The molecule has 0 spiro atoms. The summed E-state index contributed by atoms with van der Waals surface area (Å²) in [5, 5.41) is 0.876. The molecule has 4 rings (SSSR count). The Hall–Kier alpha value is -2.56. The second-order valence-corrected chi connectivity index (χ2v) is 3.68. The molecular formula is C12H6N4O. The van der Waals surface area contributed by atoms with Crippen molar-refractivity contribution in [2.45, 2.75) is 0 Å². The first-order valence-electron chi connectivity index (χ1n) is 5.18. The molecule has 5 nitrogen and oxygen atoms in total. The van der Waals surface area contributed by atoms with Crippen molar-refractivity contribution in [1.29, 1.82) is 0 Å². The molecule has 0 unspecified atom stereocenters. The molecule has 0 atom stereocenters. The van der Waals surface area contributed by atoms with Crippen LogP contribution in [0.25, 0.3) is 33.5 Å². The summed E-state index contributed by atoms with van der Waals surface area (Å²) >= 11 is 0. The highest BCUT2D eigenvalue weighted by Gasteiger charge is 2.11. The number of rotatable bonds is 0. The molecule has 0 N–H and O–H groups in total. The Labute approximate surface area is 95.1 Å². The highest BCUT2D eigenvalue weighted by atomic mass is 16.3. The van der Waals surface area contributed by atoms with Crippen molar-refractivity contribution in [3.05, 3.63) is 36.7 Å². The maximum atomic E-state index is 5.54. The molecule has 17 heavy (non-hydrogen) atoms. The summed E-state index contributed by atoms with van der Waals surface area (Å²) in [5.41, 5.74) is 3.10. The average Bonchev–Trinajstić information content (AvgIpc) is 2.73. The lowest BCUT2D eigenvalue weighted by Crippen LogP contribution is -1.86. The quantitative estimate of drug-likeness (QED) is 0.456. The minimum absolute atomic E-state index is 0.477. The highest BCUT2D eigenvalue weighted by molar-refractivity contribution is 6.01. The van der Waals surface area contributed by atoms with Crippen molar-refractivity contribution in [1.82, 2.24) is 19.9 Å². The molecule has 0 aromatic carbocycles. The highest BCUT2D eigenvalue weighted by Crippen LogP contribution is 2.25. The van der Waals surface area contributed by atoms with Gasteiger partial charge in [0.1, 0.15) is 11.0 Å². The first-order chi connectivity index (χ1) is 8.42. The van der Waals surface area contributed by atoms with Gasteiger partial charge in [-0.15, -0.1) is 0 Å². The number of aromatic nitrogens is 4. The molecule has 5 heteroatoms. The fourth-order valence-electron chi connectivity index (χ4n) is 1.87. The largest absolute Gasteiger partial charge is 0.418 e. The van der Waals surface area contributed by atoms with Crippen molar-refractivity contribution in [2.24, 2.45) is 0 Å². The van der Waals surface area contributed by atoms with Crippen LogP contribution in [-0.2, 0) is 0 Å². The predicted octanol–water partition coefficient (Wildman–Crippen LogP) is 2.32. The zero-order valence-corrected chi connectivity index (χ0v) is 8.66. The number of hydrogen-bond acceptors (Lipinski definition) is 5. The zero-order chi connectivity index (χ0) is 11.2. The average molecular weight is 222 g/mol. The van der Waals surface area contributed by atoms with Gasteiger partial charge in [0, 0.05) is 12.4 Å². The summed E-state index contributed by atoms with van der Waals surface area (Å²) in [5.74, 6) is 0. The Morgan fingerprint density at radius 1 is 0.882 bits per heavy atom. The van der Waals surface area contributed by atoms with Gasteiger partial charge in [0.25, 0.3) is 0 Å². The van der Waals surface area contributed by atoms with Gasteiger partial charge in [-0.05, 0) is 24.3 Å². The van der Waals surface area contributed by atoms with Gasteiger partial charge in [0.2, 0.25) is 11.4 Å². The third-order valence-electron chi connectivity index (χ3n) is 2.63. The van der Waals surface area contributed by atoms with Crippen LogP contribution in [0.1, 0.15) is 0 Å². The van der Waals surface area contributed by atoms with Crippen molar-refractivity contribution in [3.8, 4) is 0 Å². The number of hydrogen-bond donors (Lipinski definition) is 0. The Bertz CT molecular complexity index is 847. The SMILES string of the molecule is c1cnc2nc3oc4ncccc4c3nc2c1. The molecule has 0 aliphatic carbocycles. The van der Waals surface area contributed by atoms with Crippen molar-refractivity contribution in [3.63, 3.8) is 0 Å². The van der Waals surface area contributed by atoms with E-state index in [9.17, 15) is 0 Å². The van der Waals surface area contributed by atoms with Crippen molar-refractivity contribution in [2.75, 3.05) is 0 Å². The number of nitrogens with zero attached hydrogens (tertiary/aromatic N) is 4. The molecule has 0 bridgehead atoms. The molecule has 4 heterocycles. The summed E-state index contributed by atoms with van der Waals surface area (Å²) in [6, 6.07) is 7.49. The van der Waals surface area contributed by atoms with E-state index in [0.717, 1.165) is 16.4 Å². The zero-order valence-electron chi connectivity index (χ0n) is 8.66. The second-order valence-electron chi connectivity index (χ2n) is 3.68. The van der Waals surface area contributed by atoms with Gasteiger partial charge in [0.15, 0.2) is 5.65 Å². The third-order valence-corrected chi connectivity index (χ3v) is 2.63. The van der Waals surface area contributed by atoms with Crippen LogP contribution in [0.15, 0.2) is 41.1 Å². The normalized spacial score (nSPS) is 11.5. The van der Waals surface area contributed by atoms with Crippen LogP contribution in [0.3, 0.4) is 0 Å². The van der Waals surface area contributed by atoms with Crippen LogP contribution in [0.2, 0.25) is 0 Å². The topological polar surface area (TPSA) is 64.7 Å². The standard InChI is InChI=1S/C12H6N4O/c1-3-7-9-12(17-11(7)14-6-1)16-10-8(15-9)4-2-5-13-10/h1-6H. The Morgan fingerprint density at radius 3 is 2.76 bits per heavy atom. The molecule has 0 aliphatic heterocycles. The van der Waals surface area contributed by atoms with E-state index in [2.05, 4.69) is 19.9 Å². The van der Waals surface area contributed by atoms with E-state index in [4.69, 9.17) is 4.42 Å². The smallest absolute Gasteiger partial charge is 0.250 e. The van der Waals surface area contributed by atoms with Crippen LogP contribution in [0, 0.1) is 0 Å². The van der Waals surface area contributed by atoms with Gasteiger partial charge in [-0.3, -0.25) is 0 Å². The number of pyridine rings is 2. The lowest BCUT2D eigenvalue weighted by molar-refractivity contribution is 0.641. The molecule has 0 radical (unpaired) electrons. The Kier molecular flexibility index (Phi) is 1.50. The molecule has 0 saturated heterocycles. The maximum absolute atomic E-state index is 5.54. The van der Waals surface area contributed by atoms with E-state index >= 15 is 0 Å². The summed E-state index contributed by atoms with van der Waals surface area (Å²) in [4.78, 5) is 17.1. The first-order valence-corrected chi connectivity index (χ1v) is 5.18. The van der Waals surface area contributed by atoms with Crippen molar-refractivity contribution >= 4 is 33.5 Å². The van der Waals surface area contributed by atoms with Crippen molar-refractivity contribution < 1.29 is 4.42 Å². The first kappa shape index (κ1) is 8.58. The molecule has 80 valence electrons. The van der Waals surface area contributed by atoms with Gasteiger partial charge in [0.05, 0.1) is 5.39 Å². The summed E-state index contributed by atoms with van der Waals surface area (Å²) < 4.78 is 5.54. The molecular weight excluding hydrogens is 216 g/mol. The monoisotopic (exact) mass is 222 g/mol. The second kappa shape index (κ2) is 2.98. The van der Waals surface area contributed by atoms with Crippen LogP contribution in [0.5, 0.6) is 0 Å². The minimum Gasteiger partial charge on any atom is -0.418 e. The van der Waals surface area contributed by atoms with Gasteiger partial charge in [-0.1, -0.05) is 0 Å². The summed E-state index contributed by atoms with van der Waals surface area (Å²) in [7, 11) is 0. The number of furan rings is 1. The summed E-state index contributed by atoms with van der Waals surface area (Å²) in [6.07, 6.45) is 3.37. The summed E-state index contributed by atoms with van der Waals surface area (Å²) in [6.45, 7) is 0. The maximum Gasteiger partial charge on any atom is 0.250 e. The van der Waals surface area contributed by atoms with Crippen LogP contribution in [-0.4, -0.2) is 19.9 Å². The van der Waals surface area contributed by atoms with Crippen LogP contribution >= 0.6 is 0 Å². The van der Waals surface area contributed by atoms with E-state index in [0.29, 0.717) is 17.1 Å². The lowest BCUT2D eigenvalue weighted by Gasteiger charge is -1.93. The predicted molar refractivity (Wildman–Crippen MR) is 62.4 cm³/mol. The van der Waals surface area contributed by atoms with Gasteiger partial charge < -0.3 is 4.42 Å². The van der Waals surface area contributed by atoms with Crippen LogP contribution in [0.4, 0.5) is 0 Å². The molecule has 0 aliphatic rings. The van der Waals surface area contributed by atoms with Gasteiger partial charge >= 0.3 is 0 Å². The fourth-order valence-corrected chi connectivity index (χ4v) is 1.87. The van der Waals surface area contributed by atoms with E-state index < -0.39 is 0 Å². The lowest BCUT2D eigenvalue weighted by atomic mass is 10.3. The molecule has 4 aromatic heterocycles. The van der Waals surface area contributed by atoms with Crippen LogP contribution < -0.4 is 0 Å². The van der Waals surface area contributed by atoms with E-state index in [1.54, 1.807) is 12.4 Å². The van der Waals surface area contributed by atoms with E-state index in [1.807, 2.05) is 24.3 Å². The van der Waals surface area contributed by atoms with E-state index in [1.165, 1.54) is 0 Å². The molecule has 4 aromatic rings. The minimum atomic E-state index is 0.477. The van der Waals surface area contributed by atoms with Gasteiger partial charge in [-0.25, -0.2) is 15.0 Å². The number of fused-ring (bicyclic) bond motifs is 4.